The van der Waals surface area contributed by atoms with Gasteiger partial charge < -0.3 is 10.4 Å². The molecule has 0 aromatic heterocycles. The van der Waals surface area contributed by atoms with Crippen LogP contribution in [-0.4, -0.2) is 28.8 Å². The Morgan fingerprint density at radius 1 is 1.17 bits per heavy atom. The maximum Gasteiger partial charge on any atom is 0.326 e. The van der Waals surface area contributed by atoms with Crippen molar-refractivity contribution in [2.75, 3.05) is 5.75 Å². The summed E-state index contributed by atoms with van der Waals surface area (Å²) in [5.41, 5.74) is 2.47. The van der Waals surface area contributed by atoms with Crippen LogP contribution in [0.4, 0.5) is 0 Å². The first-order chi connectivity index (χ1) is 11.1. The van der Waals surface area contributed by atoms with E-state index in [2.05, 4.69) is 30.1 Å². The Morgan fingerprint density at radius 2 is 1.87 bits per heavy atom. The zero-order chi connectivity index (χ0) is 16.7. The second-order valence-corrected chi connectivity index (χ2v) is 6.57. The first kappa shape index (κ1) is 17.9. The average molecular weight is 335 g/mol. The number of nitrogens with one attached hydrogen (secondary N) is 1. The van der Waals surface area contributed by atoms with E-state index in [1.807, 2.05) is 12.1 Å². The number of thiol groups is 1. The summed E-state index contributed by atoms with van der Waals surface area (Å²) in [4.78, 5) is 23.8. The van der Waals surface area contributed by atoms with Gasteiger partial charge in [-0.25, -0.2) is 4.79 Å². The normalized spacial score (nSPS) is 23.6. The summed E-state index contributed by atoms with van der Waals surface area (Å²) < 4.78 is 0. The fourth-order valence-electron chi connectivity index (χ4n) is 3.07. The molecule has 0 saturated carbocycles. The smallest absolute Gasteiger partial charge is 0.326 e. The number of benzene rings is 1. The van der Waals surface area contributed by atoms with Crippen LogP contribution in [0.5, 0.6) is 0 Å². The summed E-state index contributed by atoms with van der Waals surface area (Å²) in [7, 11) is 0. The van der Waals surface area contributed by atoms with Gasteiger partial charge in [-0.2, -0.15) is 12.6 Å². The van der Waals surface area contributed by atoms with Gasteiger partial charge in [0.1, 0.15) is 6.04 Å². The lowest BCUT2D eigenvalue weighted by Crippen LogP contribution is -2.44. The van der Waals surface area contributed by atoms with Crippen molar-refractivity contribution in [1.29, 1.82) is 0 Å². The van der Waals surface area contributed by atoms with Crippen molar-refractivity contribution in [3.63, 3.8) is 0 Å². The molecular formula is C18H25NO3S. The van der Waals surface area contributed by atoms with E-state index in [0.29, 0.717) is 18.6 Å². The number of fused-ring (bicyclic) bond motifs is 1. The van der Waals surface area contributed by atoms with Gasteiger partial charge in [0.2, 0.25) is 5.91 Å². The highest BCUT2D eigenvalue weighted by molar-refractivity contribution is 7.80. The minimum Gasteiger partial charge on any atom is -0.480 e. The predicted molar refractivity (Wildman–Crippen MR) is 93.8 cm³/mol. The maximum absolute atomic E-state index is 12.4. The van der Waals surface area contributed by atoms with E-state index in [0.717, 1.165) is 32.1 Å². The number of aryl methyl sites for hydroxylation is 1. The van der Waals surface area contributed by atoms with E-state index in [4.69, 9.17) is 0 Å². The molecule has 0 aliphatic carbocycles. The van der Waals surface area contributed by atoms with Crippen LogP contribution in [0.2, 0.25) is 0 Å². The highest BCUT2D eigenvalue weighted by atomic mass is 32.1. The molecule has 0 fully saturated rings. The Bertz CT molecular complexity index is 547. The summed E-state index contributed by atoms with van der Waals surface area (Å²) in [5.74, 6) is -1.05. The van der Waals surface area contributed by atoms with Crippen LogP contribution in [0.25, 0.3) is 0 Å². The third-order valence-electron chi connectivity index (χ3n) is 4.48. The number of rotatable bonds is 2. The molecule has 0 bridgehead atoms. The van der Waals surface area contributed by atoms with Crippen LogP contribution in [0.1, 0.15) is 43.2 Å². The number of aliphatic carboxylic acids is 1. The first-order valence-corrected chi connectivity index (χ1v) is 8.96. The SMILES string of the molecule is O=C1N[C@H](C(=O)O)CCCCCCc2ccccc2CC1CS. The van der Waals surface area contributed by atoms with Crippen LogP contribution in [0.15, 0.2) is 24.3 Å². The molecule has 2 atom stereocenters. The molecule has 1 aliphatic heterocycles. The molecule has 23 heavy (non-hydrogen) atoms. The van der Waals surface area contributed by atoms with Gasteiger partial charge in [0.05, 0.1) is 5.92 Å². The number of carboxylic acid groups (broad SMARTS) is 1. The van der Waals surface area contributed by atoms with Crippen molar-refractivity contribution in [2.45, 2.75) is 51.0 Å². The summed E-state index contributed by atoms with van der Waals surface area (Å²) in [6.07, 6.45) is 6.12. The highest BCUT2D eigenvalue weighted by Crippen LogP contribution is 2.20. The minimum atomic E-state index is -0.952. The number of amides is 1. The molecule has 1 heterocycles. The lowest BCUT2D eigenvalue weighted by atomic mass is 9.93. The van der Waals surface area contributed by atoms with Gasteiger partial charge in [-0.15, -0.1) is 0 Å². The molecule has 0 spiro atoms. The molecule has 1 aromatic carbocycles. The van der Waals surface area contributed by atoms with E-state index in [-0.39, 0.29) is 11.8 Å². The second-order valence-electron chi connectivity index (χ2n) is 6.20. The molecule has 4 nitrogen and oxygen atoms in total. The van der Waals surface area contributed by atoms with Gasteiger partial charge in [0.25, 0.3) is 0 Å². The molecule has 126 valence electrons. The summed E-state index contributed by atoms with van der Waals surface area (Å²) in [6.45, 7) is 0. The monoisotopic (exact) mass is 335 g/mol. The average Bonchev–Trinajstić information content (AvgIpc) is 2.55. The lowest BCUT2D eigenvalue weighted by Gasteiger charge is -2.20. The van der Waals surface area contributed by atoms with Crippen LogP contribution < -0.4 is 5.32 Å². The summed E-state index contributed by atoms with van der Waals surface area (Å²) >= 11 is 4.30. The number of carboxylic acids is 1. The van der Waals surface area contributed by atoms with Gasteiger partial charge >= 0.3 is 5.97 Å². The lowest BCUT2D eigenvalue weighted by molar-refractivity contribution is -0.142. The Hall–Kier alpha value is -1.49. The summed E-state index contributed by atoms with van der Waals surface area (Å²) in [6, 6.07) is 7.42. The standard InChI is InChI=1S/C18H25NO3S/c20-17-15(12-23)11-14-9-6-5-8-13(14)7-3-1-2-4-10-16(19-17)18(21)22/h5-6,8-9,15-16,23H,1-4,7,10-12H2,(H,19,20)(H,21,22)/t15?,16-/m0/s1. The fraction of sp³-hybridized carbons (Fsp3) is 0.556. The van der Waals surface area contributed by atoms with Crippen molar-refractivity contribution in [1.82, 2.24) is 5.32 Å². The minimum absolute atomic E-state index is 0.207. The number of carbonyl (C=O) groups is 2. The van der Waals surface area contributed by atoms with Crippen LogP contribution >= 0.6 is 12.6 Å². The molecule has 5 heteroatoms. The van der Waals surface area contributed by atoms with Crippen molar-refractivity contribution in [3.8, 4) is 0 Å². The van der Waals surface area contributed by atoms with Gasteiger partial charge in [0.15, 0.2) is 0 Å². The zero-order valence-corrected chi connectivity index (χ0v) is 14.2. The molecule has 1 aliphatic rings. The number of hydrogen-bond acceptors (Lipinski definition) is 3. The molecule has 1 amide bonds. The molecule has 1 unspecified atom stereocenters. The quantitative estimate of drug-likeness (QED) is 0.728. The van der Waals surface area contributed by atoms with Crippen LogP contribution in [0, 0.1) is 5.92 Å². The van der Waals surface area contributed by atoms with Gasteiger partial charge in [-0.1, -0.05) is 43.5 Å². The zero-order valence-electron chi connectivity index (χ0n) is 13.3. The van der Waals surface area contributed by atoms with Crippen molar-refractivity contribution >= 4 is 24.5 Å². The summed E-state index contributed by atoms with van der Waals surface area (Å²) in [5, 5.41) is 12.0. The van der Waals surface area contributed by atoms with E-state index in [1.165, 1.54) is 11.1 Å². The van der Waals surface area contributed by atoms with E-state index < -0.39 is 12.0 Å². The van der Waals surface area contributed by atoms with Gasteiger partial charge in [-0.3, -0.25) is 4.79 Å². The third kappa shape index (κ3) is 5.27. The maximum atomic E-state index is 12.4. The Balaban J connectivity index is 2.21. The van der Waals surface area contributed by atoms with E-state index >= 15 is 0 Å². The fourth-order valence-corrected chi connectivity index (χ4v) is 3.37. The predicted octanol–water partition coefficient (Wildman–Crippen LogP) is 2.85. The van der Waals surface area contributed by atoms with Crippen molar-refractivity contribution < 1.29 is 14.7 Å². The molecule has 2 rings (SSSR count). The van der Waals surface area contributed by atoms with Gasteiger partial charge in [0, 0.05) is 5.75 Å². The van der Waals surface area contributed by atoms with Crippen LogP contribution in [-0.2, 0) is 22.4 Å². The van der Waals surface area contributed by atoms with Crippen molar-refractivity contribution in [3.05, 3.63) is 35.4 Å². The highest BCUT2D eigenvalue weighted by Gasteiger charge is 2.25. The molecule has 1 aromatic rings. The molecule has 0 radical (unpaired) electrons. The van der Waals surface area contributed by atoms with Crippen LogP contribution in [0.3, 0.4) is 0 Å². The van der Waals surface area contributed by atoms with E-state index in [1.54, 1.807) is 0 Å². The molecular weight excluding hydrogens is 310 g/mol. The number of carbonyl (C=O) groups excluding carboxylic acids is 1. The Morgan fingerprint density at radius 3 is 2.57 bits per heavy atom. The second kappa shape index (κ2) is 8.96. The molecule has 0 saturated heterocycles. The van der Waals surface area contributed by atoms with Gasteiger partial charge in [-0.05, 0) is 36.8 Å². The number of hydrogen-bond donors (Lipinski definition) is 3. The topological polar surface area (TPSA) is 66.4 Å². The molecule has 2 N–H and O–H groups in total. The van der Waals surface area contributed by atoms with E-state index in [9.17, 15) is 14.7 Å². The van der Waals surface area contributed by atoms with Crippen molar-refractivity contribution in [2.24, 2.45) is 5.92 Å². The largest absolute Gasteiger partial charge is 0.480 e. The Kier molecular flexibility index (Phi) is 6.96. The third-order valence-corrected chi connectivity index (χ3v) is 4.92. The Labute approximate surface area is 143 Å². The first-order valence-electron chi connectivity index (χ1n) is 8.32.